The van der Waals surface area contributed by atoms with E-state index in [0.29, 0.717) is 6.42 Å². The first-order valence-corrected chi connectivity index (χ1v) is 6.70. The Morgan fingerprint density at radius 3 is 2.33 bits per heavy atom. The minimum Gasteiger partial charge on any atom is -0.508 e. The summed E-state index contributed by atoms with van der Waals surface area (Å²) in [7, 11) is 1.48. The number of hydrogen-bond donors (Lipinski definition) is 1. The lowest BCUT2D eigenvalue weighted by Crippen LogP contribution is -2.27. The van der Waals surface area contributed by atoms with E-state index in [4.69, 9.17) is 9.47 Å². The average Bonchev–Trinajstić information content (AvgIpc) is 2.53. The third-order valence-electron chi connectivity index (χ3n) is 3.13. The molecule has 2 aromatic carbocycles. The van der Waals surface area contributed by atoms with Gasteiger partial charge in [0.25, 0.3) is 0 Å². The van der Waals surface area contributed by atoms with Crippen molar-refractivity contribution >= 4 is 5.97 Å². The topological polar surface area (TPSA) is 55.8 Å². The van der Waals surface area contributed by atoms with Crippen LogP contribution in [0.5, 0.6) is 5.75 Å². The van der Waals surface area contributed by atoms with Crippen LogP contribution in [0.2, 0.25) is 0 Å². The molecule has 0 unspecified atom stereocenters. The molecule has 0 fully saturated rings. The Labute approximate surface area is 123 Å². The van der Waals surface area contributed by atoms with Crippen LogP contribution in [0.25, 0.3) is 0 Å². The van der Waals surface area contributed by atoms with Gasteiger partial charge in [-0.15, -0.1) is 0 Å². The molecule has 0 saturated heterocycles. The second kappa shape index (κ2) is 7.45. The van der Waals surface area contributed by atoms with E-state index in [1.54, 1.807) is 24.3 Å². The summed E-state index contributed by atoms with van der Waals surface area (Å²) in [6.07, 6.45) is -0.247. The van der Waals surface area contributed by atoms with Gasteiger partial charge in [-0.2, -0.15) is 0 Å². The third kappa shape index (κ3) is 4.61. The van der Waals surface area contributed by atoms with Crippen molar-refractivity contribution in [3.63, 3.8) is 0 Å². The minimum atomic E-state index is -0.654. The van der Waals surface area contributed by atoms with Crippen molar-refractivity contribution in [2.24, 2.45) is 0 Å². The Bertz CT molecular complexity index is 563. The largest absolute Gasteiger partial charge is 0.508 e. The fraction of sp³-hybridized carbons (Fsp3) is 0.235. The van der Waals surface area contributed by atoms with Crippen LogP contribution in [0.15, 0.2) is 54.6 Å². The molecular weight excluding hydrogens is 268 g/mol. The highest BCUT2D eigenvalue weighted by Crippen LogP contribution is 2.13. The van der Waals surface area contributed by atoms with Gasteiger partial charge in [-0.3, -0.25) is 0 Å². The summed E-state index contributed by atoms with van der Waals surface area (Å²) in [5.74, 6) is -0.200. The zero-order chi connectivity index (χ0) is 15.1. The molecule has 0 aliphatic heterocycles. The molecule has 2 rings (SSSR count). The smallest absolute Gasteiger partial charge is 0.335 e. The van der Waals surface area contributed by atoms with Gasteiger partial charge in [-0.25, -0.2) is 4.79 Å². The first-order chi connectivity index (χ1) is 10.2. The van der Waals surface area contributed by atoms with Crippen LogP contribution in [-0.2, 0) is 27.3 Å². The van der Waals surface area contributed by atoms with Crippen LogP contribution >= 0.6 is 0 Å². The molecule has 0 amide bonds. The molecule has 4 heteroatoms. The maximum absolute atomic E-state index is 12.0. The molecule has 0 aliphatic rings. The van der Waals surface area contributed by atoms with Crippen molar-refractivity contribution in [3.8, 4) is 5.75 Å². The van der Waals surface area contributed by atoms with Crippen molar-refractivity contribution in [2.45, 2.75) is 19.1 Å². The van der Waals surface area contributed by atoms with Crippen molar-refractivity contribution in [1.29, 1.82) is 0 Å². The second-order valence-electron chi connectivity index (χ2n) is 4.69. The molecule has 21 heavy (non-hydrogen) atoms. The Morgan fingerprint density at radius 2 is 1.71 bits per heavy atom. The number of methoxy groups -OCH3 is 1. The van der Waals surface area contributed by atoms with Crippen molar-refractivity contribution in [3.05, 3.63) is 65.7 Å². The molecule has 0 saturated carbocycles. The lowest BCUT2D eigenvalue weighted by Gasteiger charge is -2.14. The number of carbonyl (C=O) groups is 1. The van der Waals surface area contributed by atoms with E-state index in [9.17, 15) is 9.90 Å². The summed E-state index contributed by atoms with van der Waals surface area (Å²) >= 11 is 0. The van der Waals surface area contributed by atoms with Crippen molar-refractivity contribution < 1.29 is 19.4 Å². The van der Waals surface area contributed by atoms with E-state index in [2.05, 4.69) is 0 Å². The van der Waals surface area contributed by atoms with Crippen LogP contribution < -0.4 is 0 Å². The zero-order valence-corrected chi connectivity index (χ0v) is 11.9. The predicted molar refractivity (Wildman–Crippen MR) is 78.8 cm³/mol. The maximum atomic E-state index is 12.0. The lowest BCUT2D eigenvalue weighted by atomic mass is 10.1. The van der Waals surface area contributed by atoms with Gasteiger partial charge in [-0.05, 0) is 23.3 Å². The summed E-state index contributed by atoms with van der Waals surface area (Å²) in [5.41, 5.74) is 1.83. The van der Waals surface area contributed by atoms with Gasteiger partial charge in [0.15, 0.2) is 6.10 Å². The molecule has 0 radical (unpaired) electrons. The molecule has 1 N–H and O–H groups in total. The first kappa shape index (κ1) is 15.1. The van der Waals surface area contributed by atoms with E-state index < -0.39 is 12.1 Å². The quantitative estimate of drug-likeness (QED) is 0.830. The van der Waals surface area contributed by atoms with Gasteiger partial charge in [0, 0.05) is 13.5 Å². The second-order valence-corrected chi connectivity index (χ2v) is 4.69. The van der Waals surface area contributed by atoms with Crippen LogP contribution in [0.3, 0.4) is 0 Å². The lowest BCUT2D eigenvalue weighted by molar-refractivity contribution is -0.156. The number of rotatable bonds is 6. The van der Waals surface area contributed by atoms with E-state index in [-0.39, 0.29) is 12.4 Å². The maximum Gasteiger partial charge on any atom is 0.335 e. The van der Waals surface area contributed by atoms with E-state index in [1.165, 1.54) is 7.11 Å². The van der Waals surface area contributed by atoms with Crippen LogP contribution in [0.1, 0.15) is 11.1 Å². The van der Waals surface area contributed by atoms with Gasteiger partial charge in [0.05, 0.1) is 0 Å². The van der Waals surface area contributed by atoms with Gasteiger partial charge in [0.1, 0.15) is 12.4 Å². The normalized spacial score (nSPS) is 11.9. The molecule has 2 aromatic rings. The molecular formula is C17H18O4. The monoisotopic (exact) mass is 286 g/mol. The fourth-order valence-corrected chi connectivity index (χ4v) is 1.93. The number of phenols is 1. The van der Waals surface area contributed by atoms with Crippen LogP contribution in [0.4, 0.5) is 0 Å². The van der Waals surface area contributed by atoms with Gasteiger partial charge in [-0.1, -0.05) is 42.5 Å². The van der Waals surface area contributed by atoms with Gasteiger partial charge < -0.3 is 14.6 Å². The summed E-state index contributed by atoms with van der Waals surface area (Å²) in [6.45, 7) is 0.231. The number of esters is 1. The average molecular weight is 286 g/mol. The van der Waals surface area contributed by atoms with Crippen LogP contribution in [-0.4, -0.2) is 24.3 Å². The summed E-state index contributed by atoms with van der Waals surface area (Å²) in [6, 6.07) is 16.2. The van der Waals surface area contributed by atoms with E-state index in [0.717, 1.165) is 11.1 Å². The number of carbonyl (C=O) groups excluding carboxylic acids is 1. The highest BCUT2D eigenvalue weighted by atomic mass is 16.6. The number of ether oxygens (including phenoxy) is 2. The van der Waals surface area contributed by atoms with Crippen LogP contribution in [0, 0.1) is 0 Å². The first-order valence-electron chi connectivity index (χ1n) is 6.70. The van der Waals surface area contributed by atoms with Crippen molar-refractivity contribution in [1.82, 2.24) is 0 Å². The number of phenolic OH excluding ortho intramolecular Hbond substituents is 1. The Hall–Kier alpha value is -2.33. The minimum absolute atomic E-state index is 0.194. The zero-order valence-electron chi connectivity index (χ0n) is 11.9. The highest BCUT2D eigenvalue weighted by Gasteiger charge is 2.20. The van der Waals surface area contributed by atoms with Gasteiger partial charge >= 0.3 is 5.97 Å². The molecule has 0 aromatic heterocycles. The molecule has 0 spiro atoms. The number of aromatic hydroxyl groups is 1. The number of benzene rings is 2. The highest BCUT2D eigenvalue weighted by molar-refractivity contribution is 5.75. The molecule has 4 nitrogen and oxygen atoms in total. The number of hydrogen-bond acceptors (Lipinski definition) is 4. The molecule has 1 atom stereocenters. The summed E-state index contributed by atoms with van der Waals surface area (Å²) < 4.78 is 10.5. The van der Waals surface area contributed by atoms with Gasteiger partial charge in [0.2, 0.25) is 0 Å². The standard InChI is InChI=1S/C17H18O4/c1-20-16(11-13-7-9-15(18)10-8-13)17(19)21-12-14-5-3-2-4-6-14/h2-10,16,18H,11-12H2,1H3/t16-/m0/s1. The molecule has 0 aliphatic carbocycles. The Kier molecular flexibility index (Phi) is 5.35. The summed E-state index contributed by atoms with van der Waals surface area (Å²) in [4.78, 5) is 12.0. The Morgan fingerprint density at radius 1 is 1.05 bits per heavy atom. The van der Waals surface area contributed by atoms with E-state index in [1.807, 2.05) is 30.3 Å². The van der Waals surface area contributed by atoms with E-state index >= 15 is 0 Å². The SMILES string of the molecule is CO[C@@H](Cc1ccc(O)cc1)C(=O)OCc1ccccc1. The summed E-state index contributed by atoms with van der Waals surface area (Å²) in [5, 5.41) is 9.24. The molecule has 110 valence electrons. The fourth-order valence-electron chi connectivity index (χ4n) is 1.93. The van der Waals surface area contributed by atoms with Crippen molar-refractivity contribution in [2.75, 3.05) is 7.11 Å². The molecule has 0 bridgehead atoms. The third-order valence-corrected chi connectivity index (χ3v) is 3.13. The molecule has 0 heterocycles. The predicted octanol–water partition coefficient (Wildman–Crippen LogP) is 2.69. The Balaban J connectivity index is 1.90.